The zero-order valence-electron chi connectivity index (χ0n) is 12.1. The molecule has 0 bridgehead atoms. The normalized spacial score (nSPS) is 13.8. The average molecular weight is 293 g/mol. The van der Waals surface area contributed by atoms with Gasteiger partial charge in [-0.2, -0.15) is 0 Å². The van der Waals surface area contributed by atoms with E-state index >= 15 is 0 Å². The fourth-order valence-corrected chi connectivity index (χ4v) is 2.03. The molecule has 0 aromatic heterocycles. The molecule has 0 saturated heterocycles. The van der Waals surface area contributed by atoms with Gasteiger partial charge in [0.2, 0.25) is 5.91 Å². The lowest BCUT2D eigenvalue weighted by Gasteiger charge is -2.13. The molecule has 0 fully saturated rings. The molecule has 115 valence electrons. The highest BCUT2D eigenvalue weighted by Crippen LogP contribution is 2.05. The molecule has 0 aromatic carbocycles. The van der Waals surface area contributed by atoms with Gasteiger partial charge in [-0.15, -0.1) is 0 Å². The molecular weight excluding hydrogens is 272 g/mol. The summed E-state index contributed by atoms with van der Waals surface area (Å²) in [6.07, 6.45) is 9.74. The van der Waals surface area contributed by atoms with Crippen LogP contribution in [0.25, 0.3) is 0 Å². The molecule has 6 nitrogen and oxygen atoms in total. The van der Waals surface area contributed by atoms with Crippen molar-refractivity contribution in [3.63, 3.8) is 0 Å². The van der Waals surface area contributed by atoms with Crippen molar-refractivity contribution < 1.29 is 19.2 Å². The van der Waals surface area contributed by atoms with Gasteiger partial charge in [0.05, 0.1) is 0 Å². The van der Waals surface area contributed by atoms with Gasteiger partial charge >= 0.3 is 0 Å². The van der Waals surface area contributed by atoms with E-state index in [1.54, 1.807) is 0 Å². The van der Waals surface area contributed by atoms with E-state index in [2.05, 4.69) is 5.32 Å². The molecule has 0 aliphatic carbocycles. The molecule has 1 radical (unpaired) electrons. The molecule has 3 amide bonds. The minimum Gasteiger partial charge on any atom is -0.356 e. The lowest BCUT2D eigenvalue weighted by Crippen LogP contribution is -2.34. The quantitative estimate of drug-likeness (QED) is 0.452. The highest BCUT2D eigenvalue weighted by molar-refractivity contribution is 6.13. The smallest absolute Gasteiger partial charge is 0.253 e. The lowest BCUT2D eigenvalue weighted by atomic mass is 10.1. The van der Waals surface area contributed by atoms with Crippen LogP contribution in [0.15, 0.2) is 12.2 Å². The molecule has 0 aromatic rings. The van der Waals surface area contributed by atoms with Gasteiger partial charge in [0.1, 0.15) is 0 Å². The van der Waals surface area contributed by atoms with E-state index in [1.807, 2.05) is 6.29 Å². The van der Waals surface area contributed by atoms with Gasteiger partial charge in [0.15, 0.2) is 6.29 Å². The van der Waals surface area contributed by atoms with Crippen LogP contribution in [0.3, 0.4) is 0 Å². The molecule has 1 heterocycles. The molecule has 1 aliphatic heterocycles. The first-order valence-electron chi connectivity index (χ1n) is 7.30. The van der Waals surface area contributed by atoms with E-state index < -0.39 is 0 Å². The van der Waals surface area contributed by atoms with Crippen LogP contribution < -0.4 is 5.32 Å². The first-order valence-corrected chi connectivity index (χ1v) is 7.30. The molecule has 21 heavy (non-hydrogen) atoms. The summed E-state index contributed by atoms with van der Waals surface area (Å²) >= 11 is 0. The Hall–Kier alpha value is -1.98. The summed E-state index contributed by atoms with van der Waals surface area (Å²) in [7, 11) is 0. The first kappa shape index (κ1) is 17.1. The van der Waals surface area contributed by atoms with Crippen molar-refractivity contribution in [1.82, 2.24) is 10.2 Å². The largest absolute Gasteiger partial charge is 0.356 e. The summed E-state index contributed by atoms with van der Waals surface area (Å²) in [5.41, 5.74) is 0. The van der Waals surface area contributed by atoms with Crippen molar-refractivity contribution in [2.45, 2.75) is 44.9 Å². The first-order chi connectivity index (χ1) is 10.1. The van der Waals surface area contributed by atoms with Crippen LogP contribution in [0.1, 0.15) is 44.9 Å². The third kappa shape index (κ3) is 6.83. The van der Waals surface area contributed by atoms with E-state index in [1.165, 1.54) is 12.2 Å². The number of amides is 3. The minimum absolute atomic E-state index is 0.124. The Morgan fingerprint density at radius 3 is 2.33 bits per heavy atom. The highest BCUT2D eigenvalue weighted by Gasteiger charge is 2.23. The molecular formula is C15H21N2O4. The molecule has 0 atom stereocenters. The number of hydrogen-bond acceptors (Lipinski definition) is 4. The molecule has 0 spiro atoms. The topological polar surface area (TPSA) is 83.6 Å². The minimum atomic E-state index is -0.361. The Labute approximate surface area is 124 Å². The molecule has 1 rings (SSSR count). The summed E-state index contributed by atoms with van der Waals surface area (Å²) < 4.78 is 0. The van der Waals surface area contributed by atoms with E-state index in [4.69, 9.17) is 0 Å². The van der Waals surface area contributed by atoms with E-state index in [9.17, 15) is 19.2 Å². The van der Waals surface area contributed by atoms with Crippen molar-refractivity contribution in [1.29, 1.82) is 0 Å². The second kappa shape index (κ2) is 9.85. The Balaban J connectivity index is 1.98. The number of unbranched alkanes of at least 4 members (excludes halogenated alkanes) is 5. The Bertz CT molecular complexity index is 400. The fourth-order valence-electron chi connectivity index (χ4n) is 2.03. The van der Waals surface area contributed by atoms with Gasteiger partial charge in [-0.3, -0.25) is 24.1 Å². The van der Waals surface area contributed by atoms with Crippen LogP contribution in [-0.2, 0) is 19.2 Å². The maximum absolute atomic E-state index is 11.6. The van der Waals surface area contributed by atoms with Crippen LogP contribution in [0.5, 0.6) is 0 Å². The summed E-state index contributed by atoms with van der Waals surface area (Å²) in [4.78, 5) is 45.1. The number of nitrogens with one attached hydrogen (secondary N) is 1. The van der Waals surface area contributed by atoms with Crippen LogP contribution >= 0.6 is 0 Å². The predicted octanol–water partition coefficient (Wildman–Crippen LogP) is 0.868. The van der Waals surface area contributed by atoms with Gasteiger partial charge in [-0.05, 0) is 12.8 Å². The van der Waals surface area contributed by atoms with Crippen molar-refractivity contribution in [2.75, 3.05) is 13.1 Å². The Morgan fingerprint density at radius 1 is 1.05 bits per heavy atom. The number of rotatable bonds is 11. The van der Waals surface area contributed by atoms with Crippen molar-refractivity contribution in [3.05, 3.63) is 12.2 Å². The molecule has 1 N–H and O–H groups in total. The molecule has 0 saturated carbocycles. The van der Waals surface area contributed by atoms with Gasteiger partial charge in [-0.1, -0.05) is 19.3 Å². The number of nitrogens with zero attached hydrogens (tertiary/aromatic N) is 1. The third-order valence-electron chi connectivity index (χ3n) is 3.24. The Kier molecular flexibility index (Phi) is 8.01. The number of carbonyl (C=O) groups is 3. The van der Waals surface area contributed by atoms with Crippen molar-refractivity contribution in [2.24, 2.45) is 0 Å². The van der Waals surface area contributed by atoms with E-state index in [0.717, 1.165) is 37.0 Å². The van der Waals surface area contributed by atoms with Gasteiger partial charge in [0, 0.05) is 38.1 Å². The maximum Gasteiger partial charge on any atom is 0.253 e. The average Bonchev–Trinajstić information content (AvgIpc) is 2.78. The third-order valence-corrected chi connectivity index (χ3v) is 3.24. The van der Waals surface area contributed by atoms with Gasteiger partial charge in [0.25, 0.3) is 11.8 Å². The van der Waals surface area contributed by atoms with Gasteiger partial charge in [-0.25, -0.2) is 0 Å². The SMILES string of the molecule is O=[C]CCCCCCCNC(=O)CCN1C(=O)C=CC1=O. The second-order valence-corrected chi connectivity index (χ2v) is 4.92. The highest BCUT2D eigenvalue weighted by atomic mass is 16.2. The standard InChI is InChI=1S/C15H21N2O4/c18-12-6-4-2-1-3-5-10-16-13(19)9-11-17-14(20)7-8-15(17)21/h7-8H,1-6,9-11H2,(H,16,19). The number of carbonyl (C=O) groups excluding carboxylic acids is 4. The Morgan fingerprint density at radius 2 is 1.67 bits per heavy atom. The number of imide groups is 1. The van der Waals surface area contributed by atoms with E-state index in [-0.39, 0.29) is 30.7 Å². The summed E-state index contributed by atoms with van der Waals surface area (Å²) in [5, 5.41) is 2.77. The van der Waals surface area contributed by atoms with Crippen LogP contribution in [0, 0.1) is 0 Å². The van der Waals surface area contributed by atoms with E-state index in [0.29, 0.717) is 13.0 Å². The monoisotopic (exact) mass is 293 g/mol. The zero-order valence-corrected chi connectivity index (χ0v) is 12.1. The van der Waals surface area contributed by atoms with Crippen LogP contribution in [0.4, 0.5) is 0 Å². The number of hydrogen-bond donors (Lipinski definition) is 1. The van der Waals surface area contributed by atoms with Crippen LogP contribution in [0.2, 0.25) is 0 Å². The maximum atomic E-state index is 11.6. The summed E-state index contributed by atoms with van der Waals surface area (Å²) in [5.74, 6) is -0.876. The lowest BCUT2D eigenvalue weighted by molar-refractivity contribution is -0.137. The molecule has 0 unspecified atom stereocenters. The van der Waals surface area contributed by atoms with Crippen LogP contribution in [-0.4, -0.2) is 42.0 Å². The van der Waals surface area contributed by atoms with Crippen molar-refractivity contribution in [3.8, 4) is 0 Å². The molecule has 1 aliphatic rings. The summed E-state index contributed by atoms with van der Waals surface area (Å²) in [6.45, 7) is 0.720. The second-order valence-electron chi connectivity index (χ2n) is 4.92. The fraction of sp³-hybridized carbons (Fsp3) is 0.600. The zero-order chi connectivity index (χ0) is 15.5. The predicted molar refractivity (Wildman–Crippen MR) is 76.9 cm³/mol. The van der Waals surface area contributed by atoms with Crippen molar-refractivity contribution >= 4 is 24.0 Å². The summed E-state index contributed by atoms with van der Waals surface area (Å²) in [6, 6.07) is 0. The molecule has 6 heteroatoms. The van der Waals surface area contributed by atoms with Gasteiger partial charge < -0.3 is 5.32 Å².